The summed E-state index contributed by atoms with van der Waals surface area (Å²) >= 11 is 0. The summed E-state index contributed by atoms with van der Waals surface area (Å²) in [5.74, 6) is -0.711. The van der Waals surface area contributed by atoms with Crippen LogP contribution in [-0.2, 0) is 9.59 Å². The molecule has 6 rings (SSSR count). The zero-order valence-corrected chi connectivity index (χ0v) is 28.7. The van der Waals surface area contributed by atoms with Gasteiger partial charge in [-0.3, -0.25) is 19.2 Å². The summed E-state index contributed by atoms with van der Waals surface area (Å²) in [7, 11) is 0. The largest absolute Gasteiger partial charge is 0.345 e. The number of hydrogen-bond acceptors (Lipinski definition) is 4. The van der Waals surface area contributed by atoms with Gasteiger partial charge >= 0.3 is 0 Å². The lowest BCUT2D eigenvalue weighted by Crippen LogP contribution is -2.44. The van der Waals surface area contributed by atoms with E-state index in [2.05, 4.69) is 49.0 Å². The smallest absolute Gasteiger partial charge is 0.252 e. The van der Waals surface area contributed by atoms with Crippen LogP contribution >= 0.6 is 0 Å². The number of para-hydroxylation sites is 2. The Hall–Kier alpha value is -5.76. The number of carbonyl (C=O) groups excluding carboxylic acids is 4. The van der Waals surface area contributed by atoms with Gasteiger partial charge in [0.15, 0.2) is 0 Å². The van der Waals surface area contributed by atoms with Gasteiger partial charge in [-0.1, -0.05) is 113 Å². The monoisotopic (exact) mass is 666 g/mol. The first-order valence-electron chi connectivity index (χ1n) is 17.2. The Bertz CT molecular complexity index is 1880. The highest BCUT2D eigenvalue weighted by molar-refractivity contribution is 6.13. The number of amides is 4. The summed E-state index contributed by atoms with van der Waals surface area (Å²) in [4.78, 5) is 53.2. The lowest BCUT2D eigenvalue weighted by atomic mass is 9.82. The molecule has 2 heterocycles. The van der Waals surface area contributed by atoms with E-state index in [9.17, 15) is 19.2 Å². The van der Waals surface area contributed by atoms with Crippen LogP contribution in [0.25, 0.3) is 22.3 Å². The molecule has 0 saturated heterocycles. The fraction of sp³-hybridized carbons (Fsp3) is 0.238. The topological polar surface area (TPSA) is 116 Å². The van der Waals surface area contributed by atoms with Crippen LogP contribution in [0.1, 0.15) is 72.4 Å². The van der Waals surface area contributed by atoms with Crippen molar-refractivity contribution in [3.8, 4) is 11.1 Å². The van der Waals surface area contributed by atoms with Crippen molar-refractivity contribution in [2.45, 2.75) is 52.6 Å². The second-order valence-electron chi connectivity index (χ2n) is 13.0. The Morgan fingerprint density at radius 1 is 0.560 bits per heavy atom. The maximum atomic E-state index is 13.7. The molecule has 4 aromatic rings. The molecular weight excluding hydrogens is 624 g/mol. The predicted molar refractivity (Wildman–Crippen MR) is 199 cm³/mol. The molecule has 0 aromatic heterocycles. The van der Waals surface area contributed by atoms with Gasteiger partial charge in [0.1, 0.15) is 0 Å². The van der Waals surface area contributed by atoms with E-state index in [1.807, 2.05) is 84.9 Å². The van der Waals surface area contributed by atoms with Crippen molar-refractivity contribution in [1.29, 1.82) is 0 Å². The van der Waals surface area contributed by atoms with Gasteiger partial charge in [-0.25, -0.2) is 0 Å². The quantitative estimate of drug-likeness (QED) is 0.137. The molecule has 8 heteroatoms. The van der Waals surface area contributed by atoms with E-state index in [1.165, 1.54) is 0 Å². The first-order valence-corrected chi connectivity index (χ1v) is 17.2. The molecule has 0 bridgehead atoms. The maximum Gasteiger partial charge on any atom is 0.252 e. The van der Waals surface area contributed by atoms with Crippen LogP contribution in [0.3, 0.4) is 0 Å². The van der Waals surface area contributed by atoms with Crippen LogP contribution in [0.4, 0.5) is 11.4 Å². The molecular formula is C42H42N4O4. The van der Waals surface area contributed by atoms with Gasteiger partial charge in [-0.05, 0) is 58.4 Å². The van der Waals surface area contributed by atoms with E-state index in [0.717, 1.165) is 46.2 Å². The van der Waals surface area contributed by atoms with Gasteiger partial charge in [0.25, 0.3) is 11.8 Å². The number of rotatable bonds is 9. The summed E-state index contributed by atoms with van der Waals surface area (Å²) in [6, 6.07) is 29.0. The van der Waals surface area contributed by atoms with E-state index < -0.39 is 0 Å². The van der Waals surface area contributed by atoms with Crippen LogP contribution < -0.4 is 21.3 Å². The number of anilines is 2. The minimum Gasteiger partial charge on any atom is -0.345 e. The van der Waals surface area contributed by atoms with Crippen molar-refractivity contribution in [1.82, 2.24) is 10.6 Å². The van der Waals surface area contributed by atoms with Gasteiger partial charge in [-0.2, -0.15) is 0 Å². The first-order chi connectivity index (χ1) is 24.2. The molecule has 0 aliphatic carbocycles. The molecule has 8 nitrogen and oxygen atoms in total. The Labute approximate surface area is 293 Å². The normalized spacial score (nSPS) is 19.4. The van der Waals surface area contributed by atoms with Gasteiger partial charge in [0, 0.05) is 45.8 Å². The Morgan fingerprint density at radius 3 is 1.24 bits per heavy atom. The summed E-state index contributed by atoms with van der Waals surface area (Å²) in [6.45, 7) is 8.26. The zero-order valence-electron chi connectivity index (χ0n) is 28.7. The average Bonchev–Trinajstić information content (AvgIpc) is 3.13. The van der Waals surface area contributed by atoms with Crippen molar-refractivity contribution in [3.63, 3.8) is 0 Å². The molecule has 254 valence electrons. The highest BCUT2D eigenvalue weighted by atomic mass is 16.2. The Morgan fingerprint density at radius 2 is 0.880 bits per heavy atom. The van der Waals surface area contributed by atoms with Gasteiger partial charge in [0.05, 0.1) is 12.1 Å². The standard InChI is InChI=1S/C42H42N4O4/c1-5-25(3)39-33(27-15-7-9-19-31(27)41(49)45-39)23-37(47)43-35-21-13-11-17-29(35)30-18-12-14-22-36(30)44-38(48)24-34-28-16-8-10-20-32(28)42(50)46-40(34)26(4)6-2/h7-26,39-40H,5-6H2,1-4H3,(H,43,47)(H,44,48)(H,45,49)(H,46,50)/b33-23-,34-24-. The molecule has 4 atom stereocenters. The summed E-state index contributed by atoms with van der Waals surface area (Å²) in [6.07, 6.45) is 4.82. The van der Waals surface area contributed by atoms with Crippen molar-refractivity contribution in [3.05, 3.63) is 131 Å². The molecule has 4 N–H and O–H groups in total. The summed E-state index contributed by atoms with van der Waals surface area (Å²) in [5, 5.41) is 12.3. The SMILES string of the molecule is CCC(C)C1NC(=O)c2ccccc2/C1=C/C(=O)Nc1ccccc1-c1ccccc1NC(=O)/C=C1/c2ccccc2C(=O)NC1C(C)CC. The molecule has 50 heavy (non-hydrogen) atoms. The lowest BCUT2D eigenvalue weighted by Gasteiger charge is -2.32. The van der Waals surface area contributed by atoms with Crippen LogP contribution in [0, 0.1) is 11.8 Å². The number of benzene rings is 4. The van der Waals surface area contributed by atoms with Crippen LogP contribution in [0.5, 0.6) is 0 Å². The van der Waals surface area contributed by atoms with Crippen LogP contribution in [-0.4, -0.2) is 35.7 Å². The second kappa shape index (κ2) is 14.8. The van der Waals surface area contributed by atoms with Gasteiger partial charge in [-0.15, -0.1) is 0 Å². The zero-order chi connectivity index (χ0) is 35.4. The minimum atomic E-state index is -0.327. The molecule has 2 aliphatic rings. The third kappa shape index (κ3) is 6.87. The van der Waals surface area contributed by atoms with E-state index in [4.69, 9.17) is 0 Å². The molecule has 4 aromatic carbocycles. The maximum absolute atomic E-state index is 13.7. The van der Waals surface area contributed by atoms with Crippen LogP contribution in [0.15, 0.2) is 109 Å². The number of hydrogen-bond donors (Lipinski definition) is 4. The van der Waals surface area contributed by atoms with Crippen LogP contribution in [0.2, 0.25) is 0 Å². The van der Waals surface area contributed by atoms with Crippen molar-refractivity contribution in [2.75, 3.05) is 10.6 Å². The fourth-order valence-corrected chi connectivity index (χ4v) is 6.77. The number of nitrogens with one attached hydrogen (secondary N) is 4. The average molecular weight is 667 g/mol. The third-order valence-electron chi connectivity index (χ3n) is 9.87. The third-order valence-corrected chi connectivity index (χ3v) is 9.87. The second-order valence-corrected chi connectivity index (χ2v) is 13.0. The molecule has 0 radical (unpaired) electrons. The number of fused-ring (bicyclic) bond motifs is 2. The molecule has 4 amide bonds. The first kappa shape index (κ1) is 34.1. The molecule has 4 unspecified atom stereocenters. The lowest BCUT2D eigenvalue weighted by molar-refractivity contribution is -0.112. The predicted octanol–water partition coefficient (Wildman–Crippen LogP) is 7.71. The fourth-order valence-electron chi connectivity index (χ4n) is 6.77. The summed E-state index contributed by atoms with van der Waals surface area (Å²) in [5.41, 5.74) is 6.72. The van der Waals surface area contributed by atoms with Gasteiger partial charge < -0.3 is 21.3 Å². The molecule has 0 spiro atoms. The Balaban J connectivity index is 1.31. The van der Waals surface area contributed by atoms with Crippen molar-refractivity contribution >= 4 is 46.1 Å². The van der Waals surface area contributed by atoms with E-state index in [-0.39, 0.29) is 47.5 Å². The van der Waals surface area contributed by atoms with Crippen molar-refractivity contribution in [2.24, 2.45) is 11.8 Å². The van der Waals surface area contributed by atoms with Gasteiger partial charge in [0.2, 0.25) is 11.8 Å². The van der Waals surface area contributed by atoms with E-state index in [1.54, 1.807) is 24.3 Å². The minimum absolute atomic E-state index is 0.114. The Kier molecular flexibility index (Phi) is 10.1. The van der Waals surface area contributed by atoms with E-state index >= 15 is 0 Å². The molecule has 2 aliphatic heterocycles. The highest BCUT2D eigenvalue weighted by Crippen LogP contribution is 2.36. The number of carbonyl (C=O) groups is 4. The van der Waals surface area contributed by atoms with E-state index in [0.29, 0.717) is 22.5 Å². The highest BCUT2D eigenvalue weighted by Gasteiger charge is 2.33. The van der Waals surface area contributed by atoms with Crippen molar-refractivity contribution < 1.29 is 19.2 Å². The molecule has 0 saturated carbocycles. The summed E-state index contributed by atoms with van der Waals surface area (Å²) < 4.78 is 0. The molecule has 0 fully saturated rings.